The van der Waals surface area contributed by atoms with Crippen LogP contribution in [0.25, 0.3) is 0 Å². The summed E-state index contributed by atoms with van der Waals surface area (Å²) in [5.74, 6) is 1.58. The van der Waals surface area contributed by atoms with Crippen molar-refractivity contribution in [2.75, 3.05) is 38.3 Å². The smallest absolute Gasteiger partial charge is 0.225 e. The Bertz CT molecular complexity index is 883. The Kier molecular flexibility index (Phi) is 7.53. The quantitative estimate of drug-likeness (QED) is 0.682. The van der Waals surface area contributed by atoms with Gasteiger partial charge in [0.25, 0.3) is 0 Å². The number of hydrogen-bond donors (Lipinski definition) is 1. The molecule has 4 rings (SSSR count). The number of aliphatic hydroxyl groups is 1. The number of ether oxygens (including phenoxy) is 2. The first-order valence-corrected chi connectivity index (χ1v) is 11.7. The Morgan fingerprint density at radius 2 is 1.84 bits per heavy atom. The van der Waals surface area contributed by atoms with Gasteiger partial charge in [0, 0.05) is 37.8 Å². The molecule has 1 N–H and O–H groups in total. The van der Waals surface area contributed by atoms with Gasteiger partial charge in [0.1, 0.15) is 0 Å². The lowest BCUT2D eigenvalue weighted by molar-refractivity contribution is -0.134. The van der Waals surface area contributed by atoms with Crippen molar-refractivity contribution in [3.63, 3.8) is 0 Å². The molecular weight excluding hydrogens is 404 g/mol. The van der Waals surface area contributed by atoms with Gasteiger partial charge in [-0.3, -0.25) is 4.79 Å². The highest BCUT2D eigenvalue weighted by atomic mass is 16.5. The lowest BCUT2D eigenvalue weighted by atomic mass is 10.0. The van der Waals surface area contributed by atoms with Crippen LogP contribution >= 0.6 is 0 Å². The molecule has 1 saturated heterocycles. The van der Waals surface area contributed by atoms with Crippen molar-refractivity contribution in [1.29, 1.82) is 0 Å². The largest absolute Gasteiger partial charge is 0.493 e. The van der Waals surface area contributed by atoms with E-state index in [2.05, 4.69) is 29.2 Å². The number of rotatable bonds is 8. The van der Waals surface area contributed by atoms with Gasteiger partial charge < -0.3 is 24.4 Å². The third-order valence-corrected chi connectivity index (χ3v) is 6.55. The van der Waals surface area contributed by atoms with Gasteiger partial charge in [0.2, 0.25) is 5.91 Å². The van der Waals surface area contributed by atoms with Crippen LogP contribution < -0.4 is 14.4 Å². The van der Waals surface area contributed by atoms with Crippen molar-refractivity contribution in [3.05, 3.63) is 54.1 Å². The molecule has 1 amide bonds. The predicted molar refractivity (Wildman–Crippen MR) is 125 cm³/mol. The van der Waals surface area contributed by atoms with Gasteiger partial charge in [-0.25, -0.2) is 0 Å². The van der Waals surface area contributed by atoms with E-state index in [1.54, 1.807) is 7.11 Å². The zero-order valence-corrected chi connectivity index (χ0v) is 18.9. The minimum Gasteiger partial charge on any atom is -0.493 e. The van der Waals surface area contributed by atoms with Gasteiger partial charge >= 0.3 is 0 Å². The summed E-state index contributed by atoms with van der Waals surface area (Å²) in [7, 11) is 1.68. The summed E-state index contributed by atoms with van der Waals surface area (Å²) in [4.78, 5) is 17.0. The zero-order chi connectivity index (χ0) is 22.3. The molecule has 0 bridgehead atoms. The maximum atomic E-state index is 12.7. The molecule has 1 heterocycles. The highest BCUT2D eigenvalue weighted by Crippen LogP contribution is 2.35. The van der Waals surface area contributed by atoms with Crippen LogP contribution in [0.3, 0.4) is 0 Å². The van der Waals surface area contributed by atoms with Crippen LogP contribution in [0.5, 0.6) is 11.5 Å². The molecule has 1 saturated carbocycles. The van der Waals surface area contributed by atoms with Gasteiger partial charge in [-0.15, -0.1) is 0 Å². The second-order valence-electron chi connectivity index (χ2n) is 8.71. The summed E-state index contributed by atoms with van der Waals surface area (Å²) < 4.78 is 11.9. The maximum absolute atomic E-state index is 12.7. The fraction of sp³-hybridized carbons (Fsp3) is 0.500. The first-order valence-electron chi connectivity index (χ1n) is 11.7. The fourth-order valence-electron chi connectivity index (χ4n) is 4.86. The van der Waals surface area contributed by atoms with E-state index in [0.29, 0.717) is 6.54 Å². The molecule has 1 aliphatic heterocycles. The number of aliphatic hydroxyl groups excluding tert-OH is 1. The van der Waals surface area contributed by atoms with Gasteiger partial charge in [-0.1, -0.05) is 30.3 Å². The van der Waals surface area contributed by atoms with Crippen LogP contribution in [0.2, 0.25) is 0 Å². The summed E-state index contributed by atoms with van der Waals surface area (Å²) in [6.45, 7) is 2.01. The molecule has 2 fully saturated rings. The van der Waals surface area contributed by atoms with Crippen molar-refractivity contribution < 1.29 is 19.4 Å². The molecule has 1 aliphatic carbocycles. The predicted octanol–water partition coefficient (Wildman–Crippen LogP) is 3.66. The molecule has 32 heavy (non-hydrogen) atoms. The third kappa shape index (κ3) is 5.36. The molecule has 6 heteroatoms. The van der Waals surface area contributed by atoms with Gasteiger partial charge in [0.15, 0.2) is 11.5 Å². The second kappa shape index (κ2) is 10.7. The highest BCUT2D eigenvalue weighted by Gasteiger charge is 2.31. The summed E-state index contributed by atoms with van der Waals surface area (Å²) in [5, 5.41) is 9.29. The van der Waals surface area contributed by atoms with E-state index in [0.717, 1.165) is 49.5 Å². The highest BCUT2D eigenvalue weighted by molar-refractivity contribution is 5.77. The van der Waals surface area contributed by atoms with Crippen molar-refractivity contribution in [2.24, 2.45) is 0 Å². The van der Waals surface area contributed by atoms with E-state index in [1.165, 1.54) is 18.4 Å². The fourth-order valence-corrected chi connectivity index (χ4v) is 4.86. The number of hydrogen-bond acceptors (Lipinski definition) is 5. The molecule has 0 aromatic heterocycles. The van der Waals surface area contributed by atoms with Crippen LogP contribution in [0, 0.1) is 0 Å². The average molecular weight is 439 g/mol. The van der Waals surface area contributed by atoms with Gasteiger partial charge in [-0.05, 0) is 49.8 Å². The van der Waals surface area contributed by atoms with Crippen molar-refractivity contribution in [3.8, 4) is 11.5 Å². The second-order valence-corrected chi connectivity index (χ2v) is 8.71. The molecule has 6 nitrogen and oxygen atoms in total. The molecular formula is C26H34N2O4. The molecule has 2 aliphatic rings. The Balaban J connectivity index is 1.53. The van der Waals surface area contributed by atoms with Gasteiger partial charge in [0.05, 0.1) is 25.9 Å². The number of carbonyl (C=O) groups excluding carboxylic acids is 1. The third-order valence-electron chi connectivity index (χ3n) is 6.55. The average Bonchev–Trinajstić information content (AvgIpc) is 3.33. The number of carbonyl (C=O) groups is 1. The molecule has 1 atom stereocenters. The summed E-state index contributed by atoms with van der Waals surface area (Å²) in [6.07, 6.45) is 5.85. The zero-order valence-electron chi connectivity index (χ0n) is 18.9. The van der Waals surface area contributed by atoms with E-state index in [4.69, 9.17) is 9.47 Å². The topological polar surface area (TPSA) is 62.2 Å². The van der Waals surface area contributed by atoms with E-state index in [1.807, 2.05) is 29.2 Å². The van der Waals surface area contributed by atoms with Crippen molar-refractivity contribution in [1.82, 2.24) is 4.90 Å². The first-order chi connectivity index (χ1) is 15.7. The lowest BCUT2D eigenvalue weighted by Crippen LogP contribution is -2.56. The summed E-state index contributed by atoms with van der Waals surface area (Å²) in [5.41, 5.74) is 2.30. The Labute approximate surface area is 190 Å². The van der Waals surface area contributed by atoms with E-state index >= 15 is 0 Å². The van der Waals surface area contributed by atoms with Crippen molar-refractivity contribution >= 4 is 11.6 Å². The normalized spacial score (nSPS) is 19.2. The molecule has 1 unspecified atom stereocenters. The summed E-state index contributed by atoms with van der Waals surface area (Å²) >= 11 is 0. The molecule has 172 valence electrons. The number of piperazine rings is 1. The Hall–Kier alpha value is -2.73. The summed E-state index contributed by atoms with van der Waals surface area (Å²) in [6, 6.07) is 16.5. The van der Waals surface area contributed by atoms with Crippen LogP contribution in [-0.4, -0.2) is 61.4 Å². The standard InChI is InChI=1S/C26H34N2O4/c1-31-24-12-11-21(18-25(24)32-23-9-5-6-10-23)27-14-15-28(26(30)13-16-29)22(19-27)17-20-7-3-2-4-8-20/h2-4,7-8,11-12,18,22-23,29H,5-6,9-10,13-17,19H2,1H3. The molecule has 2 aromatic rings. The molecule has 0 spiro atoms. The minimum atomic E-state index is -0.114. The first kappa shape index (κ1) is 22.5. The van der Waals surface area contributed by atoms with E-state index in [-0.39, 0.29) is 31.1 Å². The van der Waals surface area contributed by atoms with E-state index in [9.17, 15) is 9.90 Å². The Morgan fingerprint density at radius 1 is 1.06 bits per heavy atom. The van der Waals surface area contributed by atoms with Gasteiger partial charge in [-0.2, -0.15) is 0 Å². The minimum absolute atomic E-state index is 0.0214. The van der Waals surface area contributed by atoms with Crippen LogP contribution in [0.4, 0.5) is 5.69 Å². The van der Waals surface area contributed by atoms with E-state index < -0.39 is 0 Å². The maximum Gasteiger partial charge on any atom is 0.225 e. The number of amides is 1. The van der Waals surface area contributed by atoms with Crippen LogP contribution in [-0.2, 0) is 11.2 Å². The number of methoxy groups -OCH3 is 1. The number of benzene rings is 2. The SMILES string of the molecule is COc1ccc(N2CCN(C(=O)CCO)C(Cc3ccccc3)C2)cc1OC1CCCC1. The molecule has 0 radical (unpaired) electrons. The van der Waals surface area contributed by atoms with Crippen LogP contribution in [0.15, 0.2) is 48.5 Å². The monoisotopic (exact) mass is 438 g/mol. The number of nitrogens with zero attached hydrogens (tertiary/aromatic N) is 2. The number of anilines is 1. The van der Waals surface area contributed by atoms with Crippen molar-refractivity contribution in [2.45, 2.75) is 50.7 Å². The molecule has 2 aromatic carbocycles. The lowest BCUT2D eigenvalue weighted by Gasteiger charge is -2.43. The Morgan fingerprint density at radius 3 is 2.56 bits per heavy atom. The van der Waals surface area contributed by atoms with Crippen LogP contribution in [0.1, 0.15) is 37.7 Å².